The summed E-state index contributed by atoms with van der Waals surface area (Å²) in [6.45, 7) is 5.24. The van der Waals surface area contributed by atoms with Gasteiger partial charge in [-0.1, -0.05) is 6.07 Å². The van der Waals surface area contributed by atoms with E-state index in [1.165, 1.54) is 0 Å². The number of nitrogens with one attached hydrogen (secondary N) is 2. The van der Waals surface area contributed by atoms with Gasteiger partial charge in [0.1, 0.15) is 6.04 Å². The maximum absolute atomic E-state index is 13.0. The lowest BCUT2D eigenvalue weighted by Gasteiger charge is -2.27. The molecular weight excluding hydrogens is 442 g/mol. The molecule has 0 saturated carbocycles. The van der Waals surface area contributed by atoms with E-state index in [0.29, 0.717) is 38.7 Å². The first-order valence-corrected chi connectivity index (χ1v) is 11.7. The summed E-state index contributed by atoms with van der Waals surface area (Å²) in [5.41, 5.74) is 6.88. The topological polar surface area (TPSA) is 143 Å². The van der Waals surface area contributed by atoms with Crippen LogP contribution in [0.5, 0.6) is 0 Å². The summed E-state index contributed by atoms with van der Waals surface area (Å²) in [5.74, 6) is -2.09. The molecule has 2 saturated heterocycles. The van der Waals surface area contributed by atoms with Gasteiger partial charge >= 0.3 is 0 Å². The summed E-state index contributed by atoms with van der Waals surface area (Å²) in [7, 11) is 0. The minimum atomic E-state index is -0.983. The van der Waals surface area contributed by atoms with Crippen LogP contribution in [0.2, 0.25) is 0 Å². The zero-order valence-electron chi connectivity index (χ0n) is 19.1. The summed E-state index contributed by atoms with van der Waals surface area (Å²) in [5, 5.41) is 5.34. The Morgan fingerprint density at radius 1 is 1.03 bits per heavy atom. The number of anilines is 1. The molecule has 1 aromatic rings. The minimum Gasteiger partial charge on any atom is -0.382 e. The van der Waals surface area contributed by atoms with Crippen molar-refractivity contribution >= 4 is 29.3 Å². The van der Waals surface area contributed by atoms with Gasteiger partial charge in [-0.3, -0.25) is 34.3 Å². The number of ether oxygens (including phenoxy) is 2. The predicted octanol–water partition coefficient (Wildman–Crippen LogP) is -0.434. The van der Waals surface area contributed by atoms with E-state index in [0.717, 1.165) is 31.0 Å². The second kappa shape index (κ2) is 11.0. The first-order chi connectivity index (χ1) is 16.5. The molecule has 0 radical (unpaired) electrons. The smallest absolute Gasteiger partial charge is 0.264 e. The Balaban J connectivity index is 1.20. The van der Waals surface area contributed by atoms with Crippen LogP contribution in [0.25, 0.3) is 0 Å². The third-order valence-electron chi connectivity index (χ3n) is 6.26. The van der Waals surface area contributed by atoms with Crippen LogP contribution >= 0.6 is 0 Å². The van der Waals surface area contributed by atoms with Crippen molar-refractivity contribution in [1.29, 1.82) is 0 Å². The van der Waals surface area contributed by atoms with E-state index in [1.54, 1.807) is 18.2 Å². The van der Waals surface area contributed by atoms with Crippen LogP contribution in [0.15, 0.2) is 18.2 Å². The molecule has 2 unspecified atom stereocenters. The highest BCUT2D eigenvalue weighted by molar-refractivity contribution is 6.25. The number of hydrogen-bond acceptors (Lipinski definition) is 9. The molecule has 0 aromatic heterocycles. The Hall–Kier alpha value is -2.86. The summed E-state index contributed by atoms with van der Waals surface area (Å²) in [6.07, 6.45) is 1.25. The molecule has 3 aliphatic heterocycles. The van der Waals surface area contributed by atoms with Crippen LogP contribution in [-0.4, -0.2) is 98.1 Å². The molecule has 0 aliphatic carbocycles. The van der Waals surface area contributed by atoms with Gasteiger partial charge in [-0.15, -0.1) is 0 Å². The minimum absolute atomic E-state index is 0.0857. The van der Waals surface area contributed by atoms with E-state index in [1.807, 2.05) is 0 Å². The fourth-order valence-electron chi connectivity index (χ4n) is 4.50. The third kappa shape index (κ3) is 5.44. The van der Waals surface area contributed by atoms with Crippen molar-refractivity contribution < 1.29 is 28.7 Å². The number of piperidine rings is 1. The molecule has 1 aromatic carbocycles. The number of carbonyl (C=O) groups is 4. The fourth-order valence-corrected chi connectivity index (χ4v) is 4.50. The molecule has 4 rings (SSSR count). The van der Waals surface area contributed by atoms with Gasteiger partial charge in [0, 0.05) is 37.8 Å². The summed E-state index contributed by atoms with van der Waals surface area (Å²) in [6, 6.07) is 4.25. The van der Waals surface area contributed by atoms with Crippen LogP contribution in [-0.2, 0) is 19.1 Å². The Morgan fingerprint density at radius 3 is 2.56 bits per heavy atom. The zero-order chi connectivity index (χ0) is 24.1. The monoisotopic (exact) mass is 473 g/mol. The second-order valence-corrected chi connectivity index (χ2v) is 8.68. The van der Waals surface area contributed by atoms with E-state index in [-0.39, 0.29) is 30.0 Å². The first-order valence-electron chi connectivity index (χ1n) is 11.7. The predicted molar refractivity (Wildman–Crippen MR) is 122 cm³/mol. The molecule has 3 heterocycles. The molecule has 2 atom stereocenters. The van der Waals surface area contributed by atoms with Crippen molar-refractivity contribution in [2.45, 2.75) is 31.3 Å². The first kappa shape index (κ1) is 24.3. The van der Waals surface area contributed by atoms with Gasteiger partial charge < -0.3 is 20.5 Å². The number of fused-ring (bicyclic) bond motifs is 1. The van der Waals surface area contributed by atoms with E-state index in [2.05, 4.69) is 15.5 Å². The normalized spacial score (nSPS) is 22.9. The molecule has 2 fully saturated rings. The summed E-state index contributed by atoms with van der Waals surface area (Å²) < 4.78 is 11.2. The molecule has 34 heavy (non-hydrogen) atoms. The summed E-state index contributed by atoms with van der Waals surface area (Å²) in [4.78, 5) is 52.8. The number of hydrogen-bond donors (Lipinski definition) is 3. The highest BCUT2D eigenvalue weighted by Crippen LogP contribution is 2.32. The number of nitrogens with zero attached hydrogens (tertiary/aromatic N) is 2. The highest BCUT2D eigenvalue weighted by atomic mass is 16.5. The standard InChI is InChI=1S/C23H31N5O6/c24-15-6-8-27(14-15)9-11-34-13-12-33-10-7-25-17-3-1-2-16-20(17)23(32)28(22(16)31)18-4-5-19(29)26-21(18)30/h1-3,15,18,25H,4-14,24H2,(H,26,29,30). The quantitative estimate of drug-likeness (QED) is 0.288. The van der Waals surface area contributed by atoms with Crippen LogP contribution in [0, 0.1) is 0 Å². The molecule has 11 heteroatoms. The van der Waals surface area contributed by atoms with Gasteiger partial charge in [0.15, 0.2) is 0 Å². The van der Waals surface area contributed by atoms with Gasteiger partial charge in [0.05, 0.1) is 37.6 Å². The average Bonchev–Trinajstić information content (AvgIpc) is 3.34. The molecule has 4 N–H and O–H groups in total. The van der Waals surface area contributed by atoms with E-state index >= 15 is 0 Å². The summed E-state index contributed by atoms with van der Waals surface area (Å²) >= 11 is 0. The van der Waals surface area contributed by atoms with Crippen molar-refractivity contribution in [3.8, 4) is 0 Å². The van der Waals surface area contributed by atoms with Crippen molar-refractivity contribution in [2.75, 3.05) is 57.9 Å². The van der Waals surface area contributed by atoms with Crippen LogP contribution in [0.4, 0.5) is 5.69 Å². The van der Waals surface area contributed by atoms with E-state index < -0.39 is 29.7 Å². The molecule has 184 valence electrons. The molecule has 3 aliphatic rings. The lowest BCUT2D eigenvalue weighted by Crippen LogP contribution is -2.54. The fraction of sp³-hybridized carbons (Fsp3) is 0.565. The zero-order valence-corrected chi connectivity index (χ0v) is 19.1. The lowest BCUT2D eigenvalue weighted by atomic mass is 10.0. The van der Waals surface area contributed by atoms with Crippen LogP contribution < -0.4 is 16.4 Å². The van der Waals surface area contributed by atoms with Gasteiger partial charge in [0.25, 0.3) is 11.8 Å². The SMILES string of the molecule is NC1CCN(CCOCCOCCNc2cccc3c2C(=O)N(C2CCC(=O)NC2=O)C3=O)C1. The van der Waals surface area contributed by atoms with Crippen LogP contribution in [0.3, 0.4) is 0 Å². The van der Waals surface area contributed by atoms with Crippen LogP contribution in [0.1, 0.15) is 40.0 Å². The Morgan fingerprint density at radius 2 is 1.82 bits per heavy atom. The van der Waals surface area contributed by atoms with Crippen molar-refractivity contribution in [3.05, 3.63) is 29.3 Å². The molecule has 0 spiro atoms. The van der Waals surface area contributed by atoms with Crippen molar-refractivity contribution in [3.63, 3.8) is 0 Å². The number of likely N-dealkylation sites (tertiary alicyclic amines) is 1. The number of rotatable bonds is 11. The number of carbonyl (C=O) groups excluding carboxylic acids is 4. The largest absolute Gasteiger partial charge is 0.382 e. The maximum Gasteiger partial charge on any atom is 0.264 e. The number of nitrogens with two attached hydrogens (primary N) is 1. The van der Waals surface area contributed by atoms with E-state index in [9.17, 15) is 19.2 Å². The Bertz CT molecular complexity index is 954. The van der Waals surface area contributed by atoms with Gasteiger partial charge in [-0.2, -0.15) is 0 Å². The maximum atomic E-state index is 13.0. The van der Waals surface area contributed by atoms with Gasteiger partial charge in [-0.05, 0) is 31.5 Å². The number of amides is 4. The van der Waals surface area contributed by atoms with Gasteiger partial charge in [0.2, 0.25) is 11.8 Å². The molecule has 0 bridgehead atoms. The number of benzene rings is 1. The Kier molecular flexibility index (Phi) is 7.88. The number of imide groups is 2. The van der Waals surface area contributed by atoms with Gasteiger partial charge in [-0.25, -0.2) is 0 Å². The highest BCUT2D eigenvalue weighted by Gasteiger charge is 2.45. The van der Waals surface area contributed by atoms with E-state index in [4.69, 9.17) is 15.2 Å². The second-order valence-electron chi connectivity index (χ2n) is 8.68. The van der Waals surface area contributed by atoms with Crippen molar-refractivity contribution in [1.82, 2.24) is 15.1 Å². The molecular formula is C23H31N5O6. The average molecular weight is 474 g/mol. The Labute approximate surface area is 197 Å². The molecule has 4 amide bonds. The molecule has 11 nitrogen and oxygen atoms in total. The van der Waals surface area contributed by atoms with Crippen molar-refractivity contribution in [2.24, 2.45) is 5.73 Å². The lowest BCUT2D eigenvalue weighted by molar-refractivity contribution is -0.136. The third-order valence-corrected chi connectivity index (χ3v) is 6.26.